The lowest BCUT2D eigenvalue weighted by Gasteiger charge is -2.20. The highest BCUT2D eigenvalue weighted by Gasteiger charge is 2.08. The minimum Gasteiger partial charge on any atom is -0.373 e. The monoisotopic (exact) mass is 250 g/mol. The van der Waals surface area contributed by atoms with E-state index < -0.39 is 0 Å². The van der Waals surface area contributed by atoms with Crippen molar-refractivity contribution < 1.29 is 0 Å². The largest absolute Gasteiger partial charge is 0.373 e. The number of hydrogen-bond acceptors (Lipinski definition) is 4. The van der Waals surface area contributed by atoms with Crippen LogP contribution in [0.15, 0.2) is 6.07 Å². The fourth-order valence-electron chi connectivity index (χ4n) is 1.71. The Morgan fingerprint density at radius 2 is 2.06 bits per heavy atom. The van der Waals surface area contributed by atoms with Gasteiger partial charge in [0.2, 0.25) is 0 Å². The Morgan fingerprint density at radius 3 is 2.61 bits per heavy atom. The molecule has 1 aromatic rings. The summed E-state index contributed by atoms with van der Waals surface area (Å²) in [6, 6.07) is 2.01. The number of nitrogens with zero attached hydrogens (tertiary/aromatic N) is 3. The van der Waals surface area contributed by atoms with Gasteiger partial charge in [0, 0.05) is 33.1 Å². The van der Waals surface area contributed by atoms with Crippen LogP contribution in [0, 0.1) is 5.92 Å². The van der Waals surface area contributed by atoms with E-state index in [1.54, 1.807) is 0 Å². The van der Waals surface area contributed by atoms with Crippen LogP contribution in [0.4, 0.5) is 11.6 Å². The molecule has 0 unspecified atom stereocenters. The van der Waals surface area contributed by atoms with Crippen molar-refractivity contribution in [2.24, 2.45) is 5.92 Å². The summed E-state index contributed by atoms with van der Waals surface area (Å²) in [4.78, 5) is 11.3. The molecule has 4 heteroatoms. The molecule has 0 bridgehead atoms. The highest BCUT2D eigenvalue weighted by molar-refractivity contribution is 5.48. The predicted molar refractivity (Wildman–Crippen MR) is 78.3 cm³/mol. The first-order chi connectivity index (χ1) is 8.56. The van der Waals surface area contributed by atoms with Crippen LogP contribution < -0.4 is 10.2 Å². The minimum atomic E-state index is 0.716. The second-order valence-corrected chi connectivity index (χ2v) is 5.13. The van der Waals surface area contributed by atoms with E-state index in [1.165, 1.54) is 6.42 Å². The lowest BCUT2D eigenvalue weighted by Crippen LogP contribution is -2.22. The smallest absolute Gasteiger partial charge is 0.134 e. The first kappa shape index (κ1) is 14.7. The van der Waals surface area contributed by atoms with Gasteiger partial charge in [0.05, 0.1) is 0 Å². The molecular formula is C14H26N4. The van der Waals surface area contributed by atoms with Crippen molar-refractivity contribution in [3.05, 3.63) is 11.9 Å². The van der Waals surface area contributed by atoms with Gasteiger partial charge in [0.25, 0.3) is 0 Å². The van der Waals surface area contributed by atoms with Gasteiger partial charge in [-0.2, -0.15) is 0 Å². The molecule has 0 spiro atoms. The first-order valence-corrected chi connectivity index (χ1v) is 6.83. The molecule has 102 valence electrons. The number of hydrogen-bond donors (Lipinski definition) is 1. The lowest BCUT2D eigenvalue weighted by atomic mass is 10.1. The number of aromatic nitrogens is 2. The van der Waals surface area contributed by atoms with Crippen LogP contribution >= 0.6 is 0 Å². The molecule has 18 heavy (non-hydrogen) atoms. The zero-order chi connectivity index (χ0) is 13.5. The van der Waals surface area contributed by atoms with Gasteiger partial charge in [0.1, 0.15) is 17.5 Å². The molecule has 0 radical (unpaired) electrons. The van der Waals surface area contributed by atoms with Gasteiger partial charge in [-0.1, -0.05) is 20.8 Å². The predicted octanol–water partition coefficient (Wildman–Crippen LogP) is 2.95. The van der Waals surface area contributed by atoms with E-state index in [0.717, 1.165) is 36.8 Å². The molecule has 0 saturated heterocycles. The zero-order valence-electron chi connectivity index (χ0n) is 12.3. The summed E-state index contributed by atoms with van der Waals surface area (Å²) in [5, 5.41) is 3.11. The molecule has 1 rings (SSSR count). The molecular weight excluding hydrogens is 224 g/mol. The molecule has 0 aliphatic rings. The van der Waals surface area contributed by atoms with Crippen LogP contribution in [0.2, 0.25) is 0 Å². The summed E-state index contributed by atoms with van der Waals surface area (Å²) < 4.78 is 0. The molecule has 1 aromatic heterocycles. The Balaban J connectivity index is 2.82. The van der Waals surface area contributed by atoms with Crippen LogP contribution in [0.1, 0.15) is 39.4 Å². The Hall–Kier alpha value is -1.32. The summed E-state index contributed by atoms with van der Waals surface area (Å²) in [5.41, 5.74) is 0. The van der Waals surface area contributed by atoms with E-state index in [0.29, 0.717) is 5.92 Å². The molecule has 0 saturated carbocycles. The van der Waals surface area contributed by atoms with E-state index >= 15 is 0 Å². The fourth-order valence-corrected chi connectivity index (χ4v) is 1.71. The van der Waals surface area contributed by atoms with Crippen molar-refractivity contribution >= 4 is 11.6 Å². The molecule has 0 atom stereocenters. The van der Waals surface area contributed by atoms with Crippen molar-refractivity contribution in [3.8, 4) is 0 Å². The number of anilines is 2. The van der Waals surface area contributed by atoms with Gasteiger partial charge in [-0.3, -0.25) is 0 Å². The van der Waals surface area contributed by atoms with E-state index in [4.69, 9.17) is 0 Å². The van der Waals surface area contributed by atoms with E-state index in [2.05, 4.69) is 48.0 Å². The molecule has 0 fully saturated rings. The standard InChI is InChI=1S/C14H26N4/c1-6-7-12-16-13(15-4)10-14(17-12)18(5)9-8-11(2)3/h10-11H,6-9H2,1-5H3,(H,15,16,17). The van der Waals surface area contributed by atoms with E-state index in [9.17, 15) is 0 Å². The molecule has 0 aliphatic carbocycles. The Labute approximate surface area is 111 Å². The second-order valence-electron chi connectivity index (χ2n) is 5.13. The van der Waals surface area contributed by atoms with Gasteiger partial charge in [-0.25, -0.2) is 9.97 Å². The Morgan fingerprint density at radius 1 is 1.33 bits per heavy atom. The highest BCUT2D eigenvalue weighted by atomic mass is 15.2. The van der Waals surface area contributed by atoms with Gasteiger partial charge >= 0.3 is 0 Å². The highest BCUT2D eigenvalue weighted by Crippen LogP contribution is 2.16. The third kappa shape index (κ3) is 4.51. The summed E-state index contributed by atoms with van der Waals surface area (Å²) >= 11 is 0. The molecule has 4 nitrogen and oxygen atoms in total. The van der Waals surface area contributed by atoms with E-state index in [1.807, 2.05) is 13.1 Å². The van der Waals surface area contributed by atoms with Gasteiger partial charge < -0.3 is 10.2 Å². The van der Waals surface area contributed by atoms with Crippen LogP contribution in [-0.2, 0) is 6.42 Å². The van der Waals surface area contributed by atoms with Crippen molar-refractivity contribution in [1.82, 2.24) is 9.97 Å². The Bertz CT molecular complexity index is 363. The van der Waals surface area contributed by atoms with Crippen LogP contribution in [0.5, 0.6) is 0 Å². The van der Waals surface area contributed by atoms with Crippen LogP contribution in [0.25, 0.3) is 0 Å². The summed E-state index contributed by atoms with van der Waals surface area (Å²) in [5.74, 6) is 3.56. The molecule has 1 N–H and O–H groups in total. The SMILES string of the molecule is CCCc1nc(NC)cc(N(C)CCC(C)C)n1. The van der Waals surface area contributed by atoms with Crippen LogP contribution in [0.3, 0.4) is 0 Å². The van der Waals surface area contributed by atoms with Gasteiger partial charge in [-0.05, 0) is 18.8 Å². The maximum Gasteiger partial charge on any atom is 0.134 e. The van der Waals surface area contributed by atoms with Crippen molar-refractivity contribution in [3.63, 3.8) is 0 Å². The number of nitrogens with one attached hydrogen (secondary N) is 1. The topological polar surface area (TPSA) is 41.1 Å². The second kappa shape index (κ2) is 7.19. The number of aryl methyl sites for hydroxylation is 1. The van der Waals surface area contributed by atoms with Crippen molar-refractivity contribution in [2.75, 3.05) is 30.9 Å². The minimum absolute atomic E-state index is 0.716. The van der Waals surface area contributed by atoms with Gasteiger partial charge in [-0.15, -0.1) is 0 Å². The maximum atomic E-state index is 4.62. The molecule has 0 aliphatic heterocycles. The first-order valence-electron chi connectivity index (χ1n) is 6.83. The summed E-state index contributed by atoms with van der Waals surface area (Å²) in [7, 11) is 4.00. The third-order valence-corrected chi connectivity index (χ3v) is 2.92. The van der Waals surface area contributed by atoms with Crippen LogP contribution in [-0.4, -0.2) is 30.6 Å². The van der Waals surface area contributed by atoms with Gasteiger partial charge in [0.15, 0.2) is 0 Å². The Kier molecular flexibility index (Phi) is 5.89. The maximum absolute atomic E-state index is 4.62. The fraction of sp³-hybridized carbons (Fsp3) is 0.714. The average Bonchev–Trinajstić information content (AvgIpc) is 2.35. The molecule has 0 aromatic carbocycles. The quantitative estimate of drug-likeness (QED) is 0.808. The molecule has 1 heterocycles. The third-order valence-electron chi connectivity index (χ3n) is 2.92. The number of rotatable bonds is 7. The summed E-state index contributed by atoms with van der Waals surface area (Å²) in [6.07, 6.45) is 3.18. The molecule has 0 amide bonds. The average molecular weight is 250 g/mol. The summed E-state index contributed by atoms with van der Waals surface area (Å²) in [6.45, 7) is 7.67. The zero-order valence-corrected chi connectivity index (χ0v) is 12.3. The normalized spacial score (nSPS) is 10.8. The van der Waals surface area contributed by atoms with Crippen molar-refractivity contribution in [1.29, 1.82) is 0 Å². The van der Waals surface area contributed by atoms with E-state index in [-0.39, 0.29) is 0 Å². The lowest BCUT2D eigenvalue weighted by molar-refractivity contribution is 0.583. The van der Waals surface area contributed by atoms with Crippen molar-refractivity contribution in [2.45, 2.75) is 40.0 Å².